The van der Waals surface area contributed by atoms with E-state index in [9.17, 15) is 4.79 Å². The van der Waals surface area contributed by atoms with Crippen molar-refractivity contribution in [2.45, 2.75) is 20.0 Å². The lowest BCUT2D eigenvalue weighted by atomic mass is 10.2. The lowest BCUT2D eigenvalue weighted by Gasteiger charge is -2.32. The molecule has 3 aromatic heterocycles. The molecule has 25 heavy (non-hydrogen) atoms. The van der Waals surface area contributed by atoms with Crippen molar-refractivity contribution in [2.75, 3.05) is 19.7 Å². The maximum Gasteiger partial charge on any atom is 0.259 e. The van der Waals surface area contributed by atoms with Crippen molar-refractivity contribution in [1.29, 1.82) is 0 Å². The van der Waals surface area contributed by atoms with Crippen LogP contribution in [0, 0.1) is 13.8 Å². The Labute approximate surface area is 144 Å². The van der Waals surface area contributed by atoms with Crippen LogP contribution in [-0.4, -0.2) is 55.1 Å². The van der Waals surface area contributed by atoms with Gasteiger partial charge in [0, 0.05) is 30.3 Å². The molecule has 1 atom stereocenters. The number of hydrogen-bond acceptors (Lipinski definition) is 6. The molecule has 8 nitrogen and oxygen atoms in total. The Balaban J connectivity index is 1.59. The SMILES string of the molecule is Cc1cc(C)nc([C@@H]2CN(C(=O)c3cnn4cccnc34)CCO2)n1. The van der Waals surface area contributed by atoms with Crippen LogP contribution in [0.5, 0.6) is 0 Å². The minimum absolute atomic E-state index is 0.105. The molecule has 0 N–H and O–H groups in total. The summed E-state index contributed by atoms with van der Waals surface area (Å²) in [6.07, 6.45) is 4.65. The fourth-order valence-electron chi connectivity index (χ4n) is 3.04. The predicted octanol–water partition coefficient (Wildman–Crippen LogP) is 1.35. The van der Waals surface area contributed by atoms with Crippen LogP contribution in [0.15, 0.2) is 30.7 Å². The molecule has 0 unspecified atom stereocenters. The molecule has 0 spiro atoms. The molecule has 0 saturated carbocycles. The van der Waals surface area contributed by atoms with Gasteiger partial charge in [-0.2, -0.15) is 5.10 Å². The highest BCUT2D eigenvalue weighted by molar-refractivity contribution is 5.99. The van der Waals surface area contributed by atoms with Crippen molar-refractivity contribution in [3.05, 3.63) is 53.5 Å². The second-order valence-electron chi connectivity index (χ2n) is 6.07. The van der Waals surface area contributed by atoms with E-state index in [1.807, 2.05) is 19.9 Å². The lowest BCUT2D eigenvalue weighted by molar-refractivity contribution is -0.0268. The monoisotopic (exact) mass is 338 g/mol. The first-order chi connectivity index (χ1) is 12.1. The van der Waals surface area contributed by atoms with Crippen LogP contribution in [0.4, 0.5) is 0 Å². The van der Waals surface area contributed by atoms with E-state index in [0.717, 1.165) is 11.4 Å². The fourth-order valence-corrected chi connectivity index (χ4v) is 3.04. The molecule has 0 radical (unpaired) electrons. The minimum atomic E-state index is -0.328. The van der Waals surface area contributed by atoms with Crippen LogP contribution >= 0.6 is 0 Å². The molecular formula is C17H18N6O2. The zero-order chi connectivity index (χ0) is 17.4. The number of rotatable bonds is 2. The minimum Gasteiger partial charge on any atom is -0.367 e. The molecule has 1 saturated heterocycles. The second-order valence-corrected chi connectivity index (χ2v) is 6.07. The van der Waals surface area contributed by atoms with Crippen LogP contribution in [-0.2, 0) is 4.74 Å². The van der Waals surface area contributed by atoms with Crippen molar-refractivity contribution in [3.63, 3.8) is 0 Å². The highest BCUT2D eigenvalue weighted by atomic mass is 16.5. The number of morpholine rings is 1. The molecule has 1 amide bonds. The number of carbonyl (C=O) groups is 1. The zero-order valence-electron chi connectivity index (χ0n) is 14.1. The van der Waals surface area contributed by atoms with Crippen molar-refractivity contribution in [3.8, 4) is 0 Å². The van der Waals surface area contributed by atoms with Crippen molar-refractivity contribution >= 4 is 11.6 Å². The zero-order valence-corrected chi connectivity index (χ0v) is 14.1. The smallest absolute Gasteiger partial charge is 0.259 e. The van der Waals surface area contributed by atoms with Gasteiger partial charge in [0.25, 0.3) is 5.91 Å². The Kier molecular flexibility index (Phi) is 3.89. The third-order valence-electron chi connectivity index (χ3n) is 4.15. The van der Waals surface area contributed by atoms with Gasteiger partial charge in [-0.25, -0.2) is 19.5 Å². The summed E-state index contributed by atoms with van der Waals surface area (Å²) >= 11 is 0. The highest BCUT2D eigenvalue weighted by Crippen LogP contribution is 2.22. The van der Waals surface area contributed by atoms with E-state index in [0.29, 0.717) is 36.7 Å². The third-order valence-corrected chi connectivity index (χ3v) is 4.15. The number of carbonyl (C=O) groups excluding carboxylic acids is 1. The number of aryl methyl sites for hydroxylation is 2. The Morgan fingerprint density at radius 2 is 2.08 bits per heavy atom. The Morgan fingerprint density at radius 3 is 2.88 bits per heavy atom. The average Bonchev–Trinajstić information content (AvgIpc) is 3.04. The van der Waals surface area contributed by atoms with Crippen molar-refractivity contribution in [2.24, 2.45) is 0 Å². The van der Waals surface area contributed by atoms with Crippen molar-refractivity contribution < 1.29 is 9.53 Å². The first-order valence-electron chi connectivity index (χ1n) is 8.13. The molecule has 4 rings (SSSR count). The van der Waals surface area contributed by atoms with Gasteiger partial charge in [-0.1, -0.05) is 0 Å². The summed E-state index contributed by atoms with van der Waals surface area (Å²) in [5.41, 5.74) is 2.82. The first kappa shape index (κ1) is 15.6. The molecule has 1 aliphatic rings. The molecule has 1 aliphatic heterocycles. The topological polar surface area (TPSA) is 85.5 Å². The number of fused-ring (bicyclic) bond motifs is 1. The van der Waals surface area contributed by atoms with Crippen LogP contribution in [0.3, 0.4) is 0 Å². The van der Waals surface area contributed by atoms with E-state index >= 15 is 0 Å². The number of aromatic nitrogens is 5. The van der Waals surface area contributed by atoms with E-state index in [1.54, 1.807) is 34.1 Å². The first-order valence-corrected chi connectivity index (χ1v) is 8.13. The summed E-state index contributed by atoms with van der Waals surface area (Å²) in [7, 11) is 0. The van der Waals surface area contributed by atoms with Gasteiger partial charge in [-0.05, 0) is 26.0 Å². The average molecular weight is 338 g/mol. The molecule has 1 fully saturated rings. The Bertz CT molecular complexity index is 918. The van der Waals surface area contributed by atoms with Crippen LogP contribution in [0.2, 0.25) is 0 Å². The summed E-state index contributed by atoms with van der Waals surface area (Å²) in [5, 5.41) is 4.19. The van der Waals surface area contributed by atoms with Gasteiger partial charge in [0.15, 0.2) is 11.5 Å². The predicted molar refractivity (Wildman–Crippen MR) is 89.1 cm³/mol. The van der Waals surface area contributed by atoms with E-state index in [2.05, 4.69) is 20.1 Å². The van der Waals surface area contributed by atoms with Gasteiger partial charge in [0.05, 0.1) is 19.3 Å². The fraction of sp³-hybridized carbons (Fsp3) is 0.353. The van der Waals surface area contributed by atoms with E-state index in [1.165, 1.54) is 0 Å². The van der Waals surface area contributed by atoms with Gasteiger partial charge in [0.1, 0.15) is 11.7 Å². The van der Waals surface area contributed by atoms with Crippen LogP contribution in [0.1, 0.15) is 33.7 Å². The molecule has 0 aromatic carbocycles. The summed E-state index contributed by atoms with van der Waals surface area (Å²) < 4.78 is 7.40. The summed E-state index contributed by atoms with van der Waals surface area (Å²) in [4.78, 5) is 27.8. The molecule has 8 heteroatoms. The summed E-state index contributed by atoms with van der Waals surface area (Å²) in [6, 6.07) is 3.69. The van der Waals surface area contributed by atoms with Crippen LogP contribution < -0.4 is 0 Å². The summed E-state index contributed by atoms with van der Waals surface area (Å²) in [6.45, 7) is 5.22. The molecule has 3 aromatic rings. The van der Waals surface area contributed by atoms with Gasteiger partial charge in [-0.15, -0.1) is 0 Å². The molecule has 0 aliphatic carbocycles. The Hall–Kier alpha value is -2.87. The van der Waals surface area contributed by atoms with Gasteiger partial charge in [0.2, 0.25) is 0 Å². The highest BCUT2D eigenvalue weighted by Gasteiger charge is 2.29. The molecular weight excluding hydrogens is 320 g/mol. The quantitative estimate of drug-likeness (QED) is 0.701. The molecule has 0 bridgehead atoms. The van der Waals surface area contributed by atoms with Gasteiger partial charge in [-0.3, -0.25) is 4.79 Å². The molecule has 4 heterocycles. The number of amides is 1. The van der Waals surface area contributed by atoms with E-state index in [4.69, 9.17) is 4.74 Å². The van der Waals surface area contributed by atoms with Gasteiger partial charge < -0.3 is 9.64 Å². The largest absolute Gasteiger partial charge is 0.367 e. The second kappa shape index (κ2) is 6.21. The number of hydrogen-bond donors (Lipinski definition) is 0. The Morgan fingerprint density at radius 1 is 1.28 bits per heavy atom. The maximum atomic E-state index is 12.9. The third kappa shape index (κ3) is 2.96. The normalized spacial score (nSPS) is 17.8. The maximum absolute atomic E-state index is 12.9. The van der Waals surface area contributed by atoms with Crippen molar-refractivity contribution in [1.82, 2.24) is 29.5 Å². The molecule has 128 valence electrons. The van der Waals surface area contributed by atoms with E-state index in [-0.39, 0.29) is 12.0 Å². The lowest BCUT2D eigenvalue weighted by Crippen LogP contribution is -2.42. The number of ether oxygens (including phenoxy) is 1. The summed E-state index contributed by atoms with van der Waals surface area (Å²) in [5.74, 6) is 0.513. The van der Waals surface area contributed by atoms with E-state index < -0.39 is 0 Å². The van der Waals surface area contributed by atoms with Crippen LogP contribution in [0.25, 0.3) is 5.65 Å². The van der Waals surface area contributed by atoms with Gasteiger partial charge >= 0.3 is 0 Å². The standard InChI is InChI=1S/C17H18N6O2/c1-11-8-12(2)21-15(20-11)14-10-22(6-7-25-14)17(24)13-9-19-23-5-3-4-18-16(13)23/h3-5,8-9,14H,6-7,10H2,1-2H3/t14-/m0/s1. The number of nitrogens with zero attached hydrogens (tertiary/aromatic N) is 6.